The largest absolute Gasteiger partial charge is 0.241 e. The van der Waals surface area contributed by atoms with Gasteiger partial charge in [-0.25, -0.2) is 26.7 Å². The quantitative estimate of drug-likeness (QED) is 0.726. The molecule has 2 N–H and O–H groups in total. The summed E-state index contributed by atoms with van der Waals surface area (Å²) >= 11 is 0. The number of hydrogen-bond acceptors (Lipinski definition) is 2. The van der Waals surface area contributed by atoms with Gasteiger partial charge in [-0.15, -0.1) is 0 Å². The van der Waals surface area contributed by atoms with Crippen LogP contribution in [0.5, 0.6) is 0 Å². The molecule has 78 valence electrons. The monoisotopic (exact) mass is 225 g/mol. The molecule has 0 bridgehead atoms. The summed E-state index contributed by atoms with van der Waals surface area (Å²) in [6.07, 6.45) is 0. The number of hydrogen-bond donors (Lipinski definition) is 1. The molecule has 0 aromatic heterocycles. The molecule has 0 saturated heterocycles. The number of primary sulfonamides is 1. The van der Waals surface area contributed by atoms with Crippen LogP contribution in [0.1, 0.15) is 5.56 Å². The highest BCUT2D eigenvalue weighted by Crippen LogP contribution is 2.22. The van der Waals surface area contributed by atoms with Crippen LogP contribution in [0, 0.1) is 24.4 Å². The third-order valence-corrected chi connectivity index (χ3v) is 2.70. The SMILES string of the molecule is Cc1c(F)cc(F)c(F)c1S(N)(=O)=O. The topological polar surface area (TPSA) is 60.2 Å². The highest BCUT2D eigenvalue weighted by molar-refractivity contribution is 7.89. The maximum atomic E-state index is 12.9. The molecule has 0 radical (unpaired) electrons. The molecule has 0 aliphatic carbocycles. The minimum atomic E-state index is -4.46. The summed E-state index contributed by atoms with van der Waals surface area (Å²) in [6.45, 7) is 0.998. The maximum Gasteiger partial charge on any atom is 0.241 e. The molecule has 7 heteroatoms. The Morgan fingerprint density at radius 1 is 1.21 bits per heavy atom. The first-order valence-corrected chi connectivity index (χ1v) is 4.96. The summed E-state index contributed by atoms with van der Waals surface area (Å²) in [5.74, 6) is -4.41. The van der Waals surface area contributed by atoms with Gasteiger partial charge in [0, 0.05) is 11.6 Å². The normalized spacial score (nSPS) is 11.8. The number of rotatable bonds is 1. The predicted molar refractivity (Wildman–Crippen MR) is 42.4 cm³/mol. The molecule has 0 fully saturated rings. The summed E-state index contributed by atoms with van der Waals surface area (Å²) in [5, 5.41) is 4.60. The smallest absolute Gasteiger partial charge is 0.225 e. The van der Waals surface area contributed by atoms with Crippen molar-refractivity contribution in [3.8, 4) is 0 Å². The average Bonchev–Trinajstić information content (AvgIpc) is 1.98. The molecule has 0 amide bonds. The van der Waals surface area contributed by atoms with E-state index in [0.29, 0.717) is 0 Å². The van der Waals surface area contributed by atoms with Gasteiger partial charge in [0.1, 0.15) is 10.7 Å². The van der Waals surface area contributed by atoms with E-state index in [0.717, 1.165) is 6.92 Å². The molecule has 0 spiro atoms. The fraction of sp³-hybridized carbons (Fsp3) is 0.143. The third-order valence-electron chi connectivity index (χ3n) is 1.65. The van der Waals surface area contributed by atoms with Crippen molar-refractivity contribution >= 4 is 10.0 Å². The van der Waals surface area contributed by atoms with Gasteiger partial charge >= 0.3 is 0 Å². The zero-order valence-corrected chi connectivity index (χ0v) is 7.83. The van der Waals surface area contributed by atoms with E-state index in [2.05, 4.69) is 5.14 Å². The Hall–Kier alpha value is -1.08. The molecule has 3 nitrogen and oxygen atoms in total. The Morgan fingerprint density at radius 3 is 2.14 bits per heavy atom. The van der Waals surface area contributed by atoms with Gasteiger partial charge in [-0.3, -0.25) is 0 Å². The third kappa shape index (κ3) is 1.73. The highest BCUT2D eigenvalue weighted by atomic mass is 32.2. The molecule has 0 unspecified atom stereocenters. The Kier molecular flexibility index (Phi) is 2.55. The lowest BCUT2D eigenvalue weighted by Crippen LogP contribution is -2.17. The molecular weight excluding hydrogens is 219 g/mol. The van der Waals surface area contributed by atoms with Crippen LogP contribution in [0.2, 0.25) is 0 Å². The maximum absolute atomic E-state index is 12.9. The minimum absolute atomic E-state index is 0.263. The minimum Gasteiger partial charge on any atom is -0.225 e. The van der Waals surface area contributed by atoms with Gasteiger partial charge in [0.05, 0.1) is 0 Å². The first kappa shape index (κ1) is 11.0. The zero-order valence-electron chi connectivity index (χ0n) is 7.01. The van der Waals surface area contributed by atoms with Gasteiger partial charge in [-0.05, 0) is 6.92 Å². The number of halogens is 3. The Morgan fingerprint density at radius 2 is 1.71 bits per heavy atom. The highest BCUT2D eigenvalue weighted by Gasteiger charge is 2.23. The summed E-state index contributed by atoms with van der Waals surface area (Å²) in [6, 6.07) is 0.263. The predicted octanol–water partition coefficient (Wildman–Crippen LogP) is 1.06. The Bertz CT molecular complexity index is 458. The van der Waals surface area contributed by atoms with E-state index in [1.807, 2.05) is 0 Å². The first-order chi connectivity index (χ1) is 6.25. The molecule has 0 heterocycles. The van der Waals surface area contributed by atoms with Gasteiger partial charge in [-0.1, -0.05) is 0 Å². The summed E-state index contributed by atoms with van der Waals surface area (Å²) in [7, 11) is -4.46. The lowest BCUT2D eigenvalue weighted by Gasteiger charge is -2.06. The van der Waals surface area contributed by atoms with Gasteiger partial charge in [0.25, 0.3) is 0 Å². The van der Waals surface area contributed by atoms with Crippen LogP contribution >= 0.6 is 0 Å². The van der Waals surface area contributed by atoms with Crippen LogP contribution < -0.4 is 5.14 Å². The van der Waals surface area contributed by atoms with Crippen molar-refractivity contribution in [3.63, 3.8) is 0 Å². The van der Waals surface area contributed by atoms with E-state index in [1.165, 1.54) is 0 Å². The van der Waals surface area contributed by atoms with Crippen LogP contribution in [0.4, 0.5) is 13.2 Å². The zero-order chi connectivity index (χ0) is 11.1. The Balaban J connectivity index is 3.74. The van der Waals surface area contributed by atoms with E-state index >= 15 is 0 Å². The van der Waals surface area contributed by atoms with Crippen molar-refractivity contribution in [1.82, 2.24) is 0 Å². The molecule has 0 atom stereocenters. The van der Waals surface area contributed by atoms with E-state index in [4.69, 9.17) is 0 Å². The van der Waals surface area contributed by atoms with Gasteiger partial charge < -0.3 is 0 Å². The summed E-state index contributed by atoms with van der Waals surface area (Å²) in [5.41, 5.74) is -0.536. The van der Waals surface area contributed by atoms with Crippen molar-refractivity contribution in [2.45, 2.75) is 11.8 Å². The molecule has 1 rings (SSSR count). The van der Waals surface area contributed by atoms with E-state index in [-0.39, 0.29) is 6.07 Å². The van der Waals surface area contributed by atoms with Crippen molar-refractivity contribution in [2.75, 3.05) is 0 Å². The number of sulfonamides is 1. The average molecular weight is 225 g/mol. The summed E-state index contributed by atoms with van der Waals surface area (Å²) < 4.78 is 59.9. The van der Waals surface area contributed by atoms with Crippen molar-refractivity contribution in [2.24, 2.45) is 5.14 Å². The lowest BCUT2D eigenvalue weighted by molar-refractivity contribution is 0.466. The molecule has 0 saturated carbocycles. The molecule has 0 aliphatic rings. The molecule has 1 aromatic carbocycles. The van der Waals surface area contributed by atoms with E-state index in [9.17, 15) is 21.6 Å². The molecule has 0 aliphatic heterocycles. The second kappa shape index (κ2) is 3.25. The second-order valence-corrected chi connectivity index (χ2v) is 4.15. The first-order valence-electron chi connectivity index (χ1n) is 3.42. The standard InChI is InChI=1S/C7H6F3NO2S/c1-3-4(8)2-5(9)6(10)7(3)14(11,12)13/h2H,1H3,(H2,11,12,13). The van der Waals surface area contributed by atoms with Crippen LogP contribution in [-0.4, -0.2) is 8.42 Å². The Labute approximate surface area is 78.4 Å². The van der Waals surface area contributed by atoms with Crippen molar-refractivity contribution < 1.29 is 21.6 Å². The lowest BCUT2D eigenvalue weighted by atomic mass is 10.2. The number of nitrogens with two attached hydrogens (primary N) is 1. The van der Waals surface area contributed by atoms with Crippen LogP contribution in [0.15, 0.2) is 11.0 Å². The molecule has 14 heavy (non-hydrogen) atoms. The van der Waals surface area contributed by atoms with E-state index < -0.39 is 37.9 Å². The summed E-state index contributed by atoms with van der Waals surface area (Å²) in [4.78, 5) is -1.14. The van der Waals surface area contributed by atoms with Gasteiger partial charge in [0.15, 0.2) is 11.6 Å². The van der Waals surface area contributed by atoms with Crippen LogP contribution in [-0.2, 0) is 10.0 Å². The van der Waals surface area contributed by atoms with Gasteiger partial charge in [0.2, 0.25) is 10.0 Å². The fourth-order valence-electron chi connectivity index (χ4n) is 1.00. The molecule has 1 aromatic rings. The molecular formula is C7H6F3NO2S. The van der Waals surface area contributed by atoms with Crippen LogP contribution in [0.3, 0.4) is 0 Å². The van der Waals surface area contributed by atoms with Crippen molar-refractivity contribution in [1.29, 1.82) is 0 Å². The van der Waals surface area contributed by atoms with Gasteiger partial charge in [-0.2, -0.15) is 0 Å². The fourth-order valence-corrected chi connectivity index (χ4v) is 1.87. The van der Waals surface area contributed by atoms with Crippen molar-refractivity contribution in [3.05, 3.63) is 29.1 Å². The second-order valence-electron chi connectivity index (χ2n) is 2.65. The van der Waals surface area contributed by atoms with Crippen LogP contribution in [0.25, 0.3) is 0 Å². The van der Waals surface area contributed by atoms with E-state index in [1.54, 1.807) is 0 Å². The number of benzene rings is 1.